The van der Waals surface area contributed by atoms with Gasteiger partial charge in [0.2, 0.25) is 0 Å². The summed E-state index contributed by atoms with van der Waals surface area (Å²) in [5.74, 6) is 0.752. The molecule has 0 spiro atoms. The fraction of sp³-hybridized carbons (Fsp3) is 0.562. The number of hydrogen-bond acceptors (Lipinski definition) is 4. The topological polar surface area (TPSA) is 49.8 Å². The van der Waals surface area contributed by atoms with Gasteiger partial charge in [0.05, 0.1) is 12.2 Å². The molecule has 4 nitrogen and oxygen atoms in total. The Labute approximate surface area is 131 Å². The Morgan fingerprint density at radius 3 is 2.67 bits per heavy atom. The molecule has 1 fully saturated rings. The zero-order valence-corrected chi connectivity index (χ0v) is 13.3. The average molecular weight is 309 g/mol. The third-order valence-electron chi connectivity index (χ3n) is 4.02. The maximum atomic E-state index is 11.7. The summed E-state index contributed by atoms with van der Waals surface area (Å²) in [7, 11) is 0. The van der Waals surface area contributed by atoms with E-state index in [-0.39, 0.29) is 6.09 Å². The number of piperidine rings is 1. The average Bonchev–Trinajstić information content (AvgIpc) is 2.49. The van der Waals surface area contributed by atoms with Gasteiger partial charge in [0, 0.05) is 13.1 Å². The van der Waals surface area contributed by atoms with Crippen molar-refractivity contribution in [2.45, 2.75) is 31.8 Å². The van der Waals surface area contributed by atoms with Crippen LogP contribution in [0.3, 0.4) is 0 Å². The van der Waals surface area contributed by atoms with Gasteiger partial charge >= 0.3 is 6.09 Å². The van der Waals surface area contributed by atoms with E-state index in [2.05, 4.69) is 12.6 Å². The Balaban J connectivity index is 2.10. The van der Waals surface area contributed by atoms with Crippen molar-refractivity contribution in [2.24, 2.45) is 0 Å². The van der Waals surface area contributed by atoms with Crippen molar-refractivity contribution in [3.8, 4) is 0 Å². The monoisotopic (exact) mass is 309 g/mol. The highest BCUT2D eigenvalue weighted by Gasteiger charge is 2.36. The lowest BCUT2D eigenvalue weighted by molar-refractivity contribution is -0.0249. The number of aryl methyl sites for hydroxylation is 1. The summed E-state index contributed by atoms with van der Waals surface area (Å²) in [5.41, 5.74) is 1.25. The molecule has 1 aromatic carbocycles. The first-order valence-electron chi connectivity index (χ1n) is 7.44. The Morgan fingerprint density at radius 2 is 2.05 bits per heavy atom. The molecule has 21 heavy (non-hydrogen) atoms. The predicted octanol–water partition coefficient (Wildman–Crippen LogP) is 2.60. The van der Waals surface area contributed by atoms with E-state index in [1.165, 1.54) is 0 Å². The van der Waals surface area contributed by atoms with E-state index in [0.29, 0.717) is 32.5 Å². The highest BCUT2D eigenvalue weighted by molar-refractivity contribution is 7.80. The van der Waals surface area contributed by atoms with Crippen LogP contribution >= 0.6 is 12.6 Å². The highest BCUT2D eigenvalue weighted by Crippen LogP contribution is 2.35. The van der Waals surface area contributed by atoms with Gasteiger partial charge in [-0.05, 0) is 43.1 Å². The lowest BCUT2D eigenvalue weighted by atomic mass is 9.81. The molecule has 1 N–H and O–H groups in total. The summed E-state index contributed by atoms with van der Waals surface area (Å²) < 4.78 is 5.01. The summed E-state index contributed by atoms with van der Waals surface area (Å²) in [6, 6.07) is 7.96. The zero-order chi connectivity index (χ0) is 15.3. The maximum Gasteiger partial charge on any atom is 0.409 e. The van der Waals surface area contributed by atoms with Crippen molar-refractivity contribution < 1.29 is 14.6 Å². The molecule has 0 saturated carbocycles. The minimum Gasteiger partial charge on any atom is -0.450 e. The van der Waals surface area contributed by atoms with Gasteiger partial charge in [-0.1, -0.05) is 24.3 Å². The molecule has 1 aromatic rings. The van der Waals surface area contributed by atoms with E-state index in [4.69, 9.17) is 4.74 Å². The van der Waals surface area contributed by atoms with E-state index in [9.17, 15) is 9.90 Å². The number of likely N-dealkylation sites (tertiary alicyclic amines) is 1. The first kappa shape index (κ1) is 16.2. The van der Waals surface area contributed by atoms with E-state index in [1.807, 2.05) is 24.3 Å². The second-order valence-corrected chi connectivity index (χ2v) is 5.80. The molecule has 5 heteroatoms. The number of thiol groups is 1. The number of amides is 1. The fourth-order valence-corrected chi connectivity index (χ4v) is 3.10. The van der Waals surface area contributed by atoms with E-state index in [0.717, 1.165) is 23.3 Å². The normalized spacial score (nSPS) is 17.6. The quantitative estimate of drug-likeness (QED) is 0.841. The number of carbonyl (C=O) groups is 1. The highest BCUT2D eigenvalue weighted by atomic mass is 32.1. The molecular formula is C16H23NO3S. The Morgan fingerprint density at radius 1 is 1.38 bits per heavy atom. The summed E-state index contributed by atoms with van der Waals surface area (Å²) in [6.45, 7) is 3.21. The second kappa shape index (κ2) is 7.18. The summed E-state index contributed by atoms with van der Waals surface area (Å²) >= 11 is 4.28. The molecule has 0 atom stereocenters. The van der Waals surface area contributed by atoms with Crippen molar-refractivity contribution in [1.29, 1.82) is 0 Å². The first-order chi connectivity index (χ1) is 10.1. The second-order valence-electron chi connectivity index (χ2n) is 5.35. The van der Waals surface area contributed by atoms with Crippen molar-refractivity contribution in [3.05, 3.63) is 35.4 Å². The maximum absolute atomic E-state index is 11.7. The molecule has 1 saturated heterocycles. The number of aliphatic hydroxyl groups is 1. The molecule has 0 radical (unpaired) electrons. The van der Waals surface area contributed by atoms with Gasteiger partial charge in [-0.2, -0.15) is 12.6 Å². The SMILES string of the molecule is CCOC(=O)N1CCC(O)(c2ccccc2CCS)CC1. The molecule has 0 aromatic heterocycles. The van der Waals surface area contributed by atoms with Crippen LogP contribution in [0, 0.1) is 0 Å². The predicted molar refractivity (Wildman–Crippen MR) is 85.7 cm³/mol. The van der Waals surface area contributed by atoms with Crippen LogP contribution in [-0.2, 0) is 16.8 Å². The minimum atomic E-state index is -0.859. The molecule has 1 aliphatic heterocycles. The summed E-state index contributed by atoms with van der Waals surface area (Å²) in [4.78, 5) is 13.4. The van der Waals surface area contributed by atoms with Crippen LogP contribution in [-0.4, -0.2) is 41.5 Å². The van der Waals surface area contributed by atoms with Gasteiger partial charge in [-0.15, -0.1) is 0 Å². The molecule has 0 unspecified atom stereocenters. The summed E-state index contributed by atoms with van der Waals surface area (Å²) in [6.07, 6.45) is 1.62. The number of ether oxygens (including phenoxy) is 1. The summed E-state index contributed by atoms with van der Waals surface area (Å²) in [5, 5.41) is 11.0. The van der Waals surface area contributed by atoms with Crippen molar-refractivity contribution in [3.63, 3.8) is 0 Å². The molecule has 2 rings (SSSR count). The fourth-order valence-electron chi connectivity index (χ4n) is 2.86. The molecule has 116 valence electrons. The van der Waals surface area contributed by atoms with Gasteiger partial charge < -0.3 is 14.7 Å². The van der Waals surface area contributed by atoms with Crippen LogP contribution in [0.1, 0.15) is 30.9 Å². The number of carbonyl (C=O) groups excluding carboxylic acids is 1. The zero-order valence-electron chi connectivity index (χ0n) is 12.4. The van der Waals surface area contributed by atoms with Gasteiger partial charge in [-0.3, -0.25) is 0 Å². The van der Waals surface area contributed by atoms with Crippen LogP contribution in [0.2, 0.25) is 0 Å². The van der Waals surface area contributed by atoms with E-state index < -0.39 is 5.60 Å². The van der Waals surface area contributed by atoms with Gasteiger partial charge in [-0.25, -0.2) is 4.79 Å². The standard InChI is InChI=1S/C16H23NO3S/c1-2-20-15(18)17-10-8-16(19,9-11-17)14-6-4-3-5-13(14)7-12-21/h3-6,19,21H,2,7-12H2,1H3. The third-order valence-corrected chi connectivity index (χ3v) is 4.24. The number of nitrogens with zero attached hydrogens (tertiary/aromatic N) is 1. The third kappa shape index (κ3) is 3.71. The van der Waals surface area contributed by atoms with E-state index >= 15 is 0 Å². The van der Waals surface area contributed by atoms with Crippen LogP contribution in [0.15, 0.2) is 24.3 Å². The Bertz CT molecular complexity index is 484. The van der Waals surface area contributed by atoms with Gasteiger partial charge in [0.25, 0.3) is 0 Å². The first-order valence-corrected chi connectivity index (χ1v) is 8.07. The number of hydrogen-bond donors (Lipinski definition) is 2. The molecule has 1 heterocycles. The van der Waals surface area contributed by atoms with Crippen LogP contribution in [0.25, 0.3) is 0 Å². The molecule has 1 aliphatic rings. The molecule has 1 amide bonds. The van der Waals surface area contributed by atoms with E-state index in [1.54, 1.807) is 11.8 Å². The molecule has 0 bridgehead atoms. The number of rotatable bonds is 4. The van der Waals surface area contributed by atoms with Crippen molar-refractivity contribution in [2.75, 3.05) is 25.4 Å². The van der Waals surface area contributed by atoms with Gasteiger partial charge in [0.1, 0.15) is 0 Å². The molecular weight excluding hydrogens is 286 g/mol. The van der Waals surface area contributed by atoms with Crippen molar-refractivity contribution >= 4 is 18.7 Å². The lowest BCUT2D eigenvalue weighted by Gasteiger charge is -2.39. The van der Waals surface area contributed by atoms with Crippen LogP contribution in [0.5, 0.6) is 0 Å². The van der Waals surface area contributed by atoms with Crippen LogP contribution in [0.4, 0.5) is 4.79 Å². The Hall–Kier alpha value is -1.20. The number of benzene rings is 1. The minimum absolute atomic E-state index is 0.289. The lowest BCUT2D eigenvalue weighted by Crippen LogP contribution is -2.45. The van der Waals surface area contributed by atoms with Crippen LogP contribution < -0.4 is 0 Å². The Kier molecular flexibility index (Phi) is 5.53. The van der Waals surface area contributed by atoms with Crippen molar-refractivity contribution in [1.82, 2.24) is 4.90 Å². The largest absolute Gasteiger partial charge is 0.450 e. The smallest absolute Gasteiger partial charge is 0.409 e. The molecule has 0 aliphatic carbocycles. The van der Waals surface area contributed by atoms with Gasteiger partial charge in [0.15, 0.2) is 0 Å².